The van der Waals surface area contributed by atoms with E-state index in [0.717, 1.165) is 0 Å². The Labute approximate surface area is 120 Å². The highest BCUT2D eigenvalue weighted by Crippen LogP contribution is 2.15. The molecule has 110 valence electrons. The molecule has 0 spiro atoms. The Morgan fingerprint density at radius 3 is 2.52 bits per heavy atom. The van der Waals surface area contributed by atoms with Gasteiger partial charge in [-0.3, -0.25) is 9.59 Å². The predicted octanol–water partition coefficient (Wildman–Crippen LogP) is 2.11. The molecule has 1 aromatic heterocycles. The van der Waals surface area contributed by atoms with Crippen LogP contribution in [0.2, 0.25) is 0 Å². The molecule has 2 amide bonds. The molecule has 2 rings (SSSR count). The van der Waals surface area contributed by atoms with Gasteiger partial charge in [-0.2, -0.15) is 0 Å². The van der Waals surface area contributed by atoms with Crippen LogP contribution in [-0.4, -0.2) is 23.5 Å². The molecule has 21 heavy (non-hydrogen) atoms. The number of benzene rings is 1. The Bertz CT molecular complexity index is 652. The van der Waals surface area contributed by atoms with Crippen molar-refractivity contribution in [2.45, 2.75) is 13.8 Å². The van der Waals surface area contributed by atoms with E-state index in [1.807, 2.05) is 0 Å². The van der Waals surface area contributed by atoms with Gasteiger partial charge in [-0.15, -0.1) is 0 Å². The third-order valence-corrected chi connectivity index (χ3v) is 2.72. The van der Waals surface area contributed by atoms with Gasteiger partial charge in [-0.1, -0.05) is 5.16 Å². The first-order chi connectivity index (χ1) is 9.95. The van der Waals surface area contributed by atoms with Crippen molar-refractivity contribution in [3.63, 3.8) is 0 Å². The quantitative estimate of drug-likeness (QED) is 0.936. The van der Waals surface area contributed by atoms with Crippen LogP contribution in [0.3, 0.4) is 0 Å². The standard InChI is InChI=1S/C14H14FN3O3/c1-9-7-13(17-21-9)16-14(20)8-18(10(2)19)12-5-3-11(15)4-6-12/h3-7H,8H2,1-2H3,(H,16,17,20). The van der Waals surface area contributed by atoms with Gasteiger partial charge in [0.15, 0.2) is 5.82 Å². The number of anilines is 2. The number of carbonyl (C=O) groups is 2. The van der Waals surface area contributed by atoms with Crippen molar-refractivity contribution in [1.29, 1.82) is 0 Å². The molecule has 0 aliphatic rings. The lowest BCUT2D eigenvalue weighted by molar-refractivity contribution is -0.120. The molecule has 0 aliphatic carbocycles. The van der Waals surface area contributed by atoms with E-state index in [1.54, 1.807) is 13.0 Å². The van der Waals surface area contributed by atoms with E-state index in [-0.39, 0.29) is 18.3 Å². The minimum Gasteiger partial charge on any atom is -0.360 e. The van der Waals surface area contributed by atoms with Crippen molar-refractivity contribution < 1.29 is 18.5 Å². The first-order valence-corrected chi connectivity index (χ1v) is 6.22. The number of hydrogen-bond acceptors (Lipinski definition) is 4. The van der Waals surface area contributed by atoms with Gasteiger partial charge in [0.1, 0.15) is 18.1 Å². The zero-order valence-corrected chi connectivity index (χ0v) is 11.6. The molecule has 1 heterocycles. The summed E-state index contributed by atoms with van der Waals surface area (Å²) >= 11 is 0. The summed E-state index contributed by atoms with van der Waals surface area (Å²) in [5.74, 6) is -0.326. The van der Waals surface area contributed by atoms with Gasteiger partial charge in [-0.05, 0) is 31.2 Å². The second-order valence-corrected chi connectivity index (χ2v) is 4.45. The highest BCUT2D eigenvalue weighted by atomic mass is 19.1. The van der Waals surface area contributed by atoms with E-state index in [1.165, 1.54) is 36.1 Å². The van der Waals surface area contributed by atoms with E-state index >= 15 is 0 Å². The molecular formula is C14H14FN3O3. The summed E-state index contributed by atoms with van der Waals surface area (Å²) in [4.78, 5) is 24.8. The molecule has 0 atom stereocenters. The second-order valence-electron chi connectivity index (χ2n) is 4.45. The second kappa shape index (κ2) is 6.17. The van der Waals surface area contributed by atoms with E-state index < -0.39 is 11.7 Å². The first kappa shape index (κ1) is 14.7. The van der Waals surface area contributed by atoms with E-state index in [2.05, 4.69) is 10.5 Å². The third kappa shape index (κ3) is 3.88. The lowest BCUT2D eigenvalue weighted by atomic mass is 10.2. The van der Waals surface area contributed by atoms with Crippen LogP contribution in [0.5, 0.6) is 0 Å². The van der Waals surface area contributed by atoms with Crippen molar-refractivity contribution in [3.05, 3.63) is 41.9 Å². The predicted molar refractivity (Wildman–Crippen MR) is 74.3 cm³/mol. The number of amides is 2. The fourth-order valence-electron chi connectivity index (χ4n) is 1.76. The molecular weight excluding hydrogens is 277 g/mol. The monoisotopic (exact) mass is 291 g/mol. The molecule has 1 aromatic carbocycles. The molecule has 1 N–H and O–H groups in total. The number of aryl methyl sites for hydroxylation is 1. The summed E-state index contributed by atoms with van der Waals surface area (Å²) < 4.78 is 17.7. The Hall–Kier alpha value is -2.70. The van der Waals surface area contributed by atoms with Crippen molar-refractivity contribution >= 4 is 23.3 Å². The highest BCUT2D eigenvalue weighted by Gasteiger charge is 2.16. The van der Waals surface area contributed by atoms with Crippen molar-refractivity contribution in [3.8, 4) is 0 Å². The number of halogens is 1. The first-order valence-electron chi connectivity index (χ1n) is 6.22. The van der Waals surface area contributed by atoms with Crippen LogP contribution in [-0.2, 0) is 9.59 Å². The minimum atomic E-state index is -0.428. The molecule has 0 radical (unpaired) electrons. The van der Waals surface area contributed by atoms with Crippen LogP contribution in [0, 0.1) is 12.7 Å². The average Bonchev–Trinajstić information content (AvgIpc) is 2.82. The number of rotatable bonds is 4. The van der Waals surface area contributed by atoms with Crippen LogP contribution >= 0.6 is 0 Å². The summed E-state index contributed by atoms with van der Waals surface area (Å²) in [7, 11) is 0. The topological polar surface area (TPSA) is 75.4 Å². The van der Waals surface area contributed by atoms with Crippen LogP contribution in [0.4, 0.5) is 15.9 Å². The molecule has 2 aromatic rings. The maximum absolute atomic E-state index is 12.9. The SMILES string of the molecule is CC(=O)N(CC(=O)Nc1cc(C)on1)c1ccc(F)cc1. The van der Waals surface area contributed by atoms with Crippen molar-refractivity contribution in [2.75, 3.05) is 16.8 Å². The molecule has 0 saturated heterocycles. The zero-order chi connectivity index (χ0) is 15.4. The van der Waals surface area contributed by atoms with Crippen molar-refractivity contribution in [2.24, 2.45) is 0 Å². The van der Waals surface area contributed by atoms with Crippen LogP contribution in [0.15, 0.2) is 34.9 Å². The maximum atomic E-state index is 12.9. The zero-order valence-electron chi connectivity index (χ0n) is 11.6. The van der Waals surface area contributed by atoms with Gasteiger partial charge in [0.25, 0.3) is 0 Å². The van der Waals surface area contributed by atoms with Gasteiger partial charge < -0.3 is 14.7 Å². The third-order valence-electron chi connectivity index (χ3n) is 2.72. The lowest BCUT2D eigenvalue weighted by Gasteiger charge is -2.20. The highest BCUT2D eigenvalue weighted by molar-refractivity contribution is 6.01. The number of nitrogens with zero attached hydrogens (tertiary/aromatic N) is 2. The van der Waals surface area contributed by atoms with E-state index in [0.29, 0.717) is 11.4 Å². The molecule has 0 saturated carbocycles. The Morgan fingerprint density at radius 1 is 1.33 bits per heavy atom. The summed E-state index contributed by atoms with van der Waals surface area (Å²) in [6, 6.07) is 6.89. The van der Waals surface area contributed by atoms with Gasteiger partial charge >= 0.3 is 0 Å². The molecule has 6 nitrogen and oxygen atoms in total. The summed E-state index contributed by atoms with van der Waals surface area (Å²) in [6.07, 6.45) is 0. The summed E-state index contributed by atoms with van der Waals surface area (Å²) in [5.41, 5.74) is 0.440. The van der Waals surface area contributed by atoms with Crippen molar-refractivity contribution in [1.82, 2.24) is 5.16 Å². The van der Waals surface area contributed by atoms with Crippen LogP contribution in [0.25, 0.3) is 0 Å². The van der Waals surface area contributed by atoms with Gasteiger partial charge in [0.05, 0.1) is 0 Å². The molecule has 7 heteroatoms. The van der Waals surface area contributed by atoms with E-state index in [9.17, 15) is 14.0 Å². The minimum absolute atomic E-state index is 0.202. The summed E-state index contributed by atoms with van der Waals surface area (Å²) in [6.45, 7) is 2.83. The number of aromatic nitrogens is 1. The smallest absolute Gasteiger partial charge is 0.245 e. The van der Waals surface area contributed by atoms with Gasteiger partial charge in [-0.25, -0.2) is 4.39 Å². The van der Waals surface area contributed by atoms with Gasteiger partial charge in [0, 0.05) is 18.7 Å². The molecule has 0 fully saturated rings. The lowest BCUT2D eigenvalue weighted by Crippen LogP contribution is -2.36. The molecule has 0 unspecified atom stereocenters. The Balaban J connectivity index is 2.07. The summed E-state index contributed by atoms with van der Waals surface area (Å²) in [5, 5.41) is 6.15. The largest absolute Gasteiger partial charge is 0.360 e. The van der Waals surface area contributed by atoms with Crippen LogP contribution < -0.4 is 10.2 Å². The molecule has 0 aliphatic heterocycles. The number of carbonyl (C=O) groups excluding carboxylic acids is 2. The number of nitrogens with one attached hydrogen (secondary N) is 1. The Kier molecular flexibility index (Phi) is 4.32. The van der Waals surface area contributed by atoms with Gasteiger partial charge in [0.2, 0.25) is 11.8 Å². The molecule has 0 bridgehead atoms. The Morgan fingerprint density at radius 2 is 2.00 bits per heavy atom. The fourth-order valence-corrected chi connectivity index (χ4v) is 1.76. The fraction of sp³-hybridized carbons (Fsp3) is 0.214. The van der Waals surface area contributed by atoms with E-state index in [4.69, 9.17) is 4.52 Å². The maximum Gasteiger partial charge on any atom is 0.245 e. The normalized spacial score (nSPS) is 10.2. The number of hydrogen-bond donors (Lipinski definition) is 1. The average molecular weight is 291 g/mol. The van der Waals surface area contributed by atoms with Crippen LogP contribution in [0.1, 0.15) is 12.7 Å².